The number of methoxy groups -OCH3 is 1. The molecule has 0 saturated carbocycles. The Morgan fingerprint density at radius 2 is 1.79 bits per heavy atom. The number of hydrogen-bond donors (Lipinski definition) is 1. The number of amides is 1. The summed E-state index contributed by atoms with van der Waals surface area (Å²) in [7, 11) is 1.57. The molecule has 0 saturated heterocycles. The van der Waals surface area contributed by atoms with Crippen LogP contribution in [0.5, 0.6) is 5.75 Å². The summed E-state index contributed by atoms with van der Waals surface area (Å²) in [5, 5.41) is 3.30. The number of thiazole rings is 1. The van der Waals surface area contributed by atoms with Crippen molar-refractivity contribution < 1.29 is 13.9 Å². The predicted molar refractivity (Wildman–Crippen MR) is 93.2 cm³/mol. The van der Waals surface area contributed by atoms with Gasteiger partial charge in [0.15, 0.2) is 5.13 Å². The molecule has 1 aromatic heterocycles. The molecule has 0 fully saturated rings. The number of rotatable bonds is 4. The first-order valence-electron chi connectivity index (χ1n) is 7.25. The maximum atomic E-state index is 13.0. The van der Waals surface area contributed by atoms with Crippen molar-refractivity contribution in [3.63, 3.8) is 0 Å². The molecule has 0 atom stereocenters. The molecular formula is C18H15FN2O2S. The van der Waals surface area contributed by atoms with Crippen LogP contribution in [-0.4, -0.2) is 18.0 Å². The van der Waals surface area contributed by atoms with E-state index in [2.05, 4.69) is 10.3 Å². The summed E-state index contributed by atoms with van der Waals surface area (Å²) in [6.45, 7) is 1.92. The van der Waals surface area contributed by atoms with Crippen LogP contribution in [0.2, 0.25) is 0 Å². The van der Waals surface area contributed by atoms with Crippen LogP contribution in [0.15, 0.2) is 48.5 Å². The van der Waals surface area contributed by atoms with Gasteiger partial charge < -0.3 is 4.74 Å². The number of aromatic nitrogens is 1. The van der Waals surface area contributed by atoms with Gasteiger partial charge in [0.05, 0.1) is 12.8 Å². The van der Waals surface area contributed by atoms with Crippen molar-refractivity contribution in [1.82, 2.24) is 4.98 Å². The Balaban J connectivity index is 1.79. The molecule has 122 valence electrons. The van der Waals surface area contributed by atoms with Gasteiger partial charge >= 0.3 is 0 Å². The maximum Gasteiger partial charge on any atom is 0.257 e. The summed E-state index contributed by atoms with van der Waals surface area (Å²) in [6, 6.07) is 13.0. The number of nitrogens with one attached hydrogen (secondary N) is 1. The van der Waals surface area contributed by atoms with Gasteiger partial charge in [-0.1, -0.05) is 0 Å². The lowest BCUT2D eigenvalue weighted by atomic mass is 10.1. The highest BCUT2D eigenvalue weighted by Gasteiger charge is 2.13. The van der Waals surface area contributed by atoms with Gasteiger partial charge in [0.1, 0.15) is 11.6 Å². The van der Waals surface area contributed by atoms with Crippen molar-refractivity contribution in [3.05, 3.63) is 64.8 Å². The number of halogens is 1. The smallest absolute Gasteiger partial charge is 0.257 e. The quantitative estimate of drug-likeness (QED) is 0.758. The average Bonchev–Trinajstić information content (AvgIpc) is 2.96. The lowest BCUT2D eigenvalue weighted by Crippen LogP contribution is -2.11. The number of nitrogens with zero attached hydrogens (tertiary/aromatic N) is 1. The highest BCUT2D eigenvalue weighted by atomic mass is 32.1. The van der Waals surface area contributed by atoms with Crippen LogP contribution in [0.25, 0.3) is 11.3 Å². The highest BCUT2D eigenvalue weighted by Crippen LogP contribution is 2.30. The normalized spacial score (nSPS) is 10.5. The molecule has 4 nitrogen and oxygen atoms in total. The van der Waals surface area contributed by atoms with Crippen LogP contribution in [0.3, 0.4) is 0 Å². The van der Waals surface area contributed by atoms with E-state index in [9.17, 15) is 9.18 Å². The Morgan fingerprint density at radius 3 is 2.42 bits per heavy atom. The van der Waals surface area contributed by atoms with Crippen LogP contribution in [-0.2, 0) is 0 Å². The molecule has 3 aromatic rings. The van der Waals surface area contributed by atoms with Crippen molar-refractivity contribution in [2.75, 3.05) is 12.4 Å². The fourth-order valence-electron chi connectivity index (χ4n) is 2.24. The van der Waals surface area contributed by atoms with Gasteiger partial charge in [0, 0.05) is 16.0 Å². The van der Waals surface area contributed by atoms with E-state index in [1.54, 1.807) is 43.5 Å². The highest BCUT2D eigenvalue weighted by molar-refractivity contribution is 7.16. The average molecular weight is 342 g/mol. The first kappa shape index (κ1) is 16.1. The third-order valence-corrected chi connectivity index (χ3v) is 4.37. The van der Waals surface area contributed by atoms with E-state index in [4.69, 9.17) is 4.74 Å². The molecule has 3 rings (SSSR count). The molecular weight excluding hydrogens is 327 g/mol. The summed E-state index contributed by atoms with van der Waals surface area (Å²) in [4.78, 5) is 17.7. The lowest BCUT2D eigenvalue weighted by molar-refractivity contribution is 0.102. The molecule has 0 aliphatic heterocycles. The second-order valence-electron chi connectivity index (χ2n) is 5.11. The van der Waals surface area contributed by atoms with Gasteiger partial charge in [0.2, 0.25) is 0 Å². The molecule has 1 amide bonds. The Labute approximate surface area is 142 Å². The molecule has 0 unspecified atom stereocenters. The number of aryl methyl sites for hydroxylation is 1. The van der Waals surface area contributed by atoms with E-state index in [1.807, 2.05) is 6.92 Å². The molecule has 0 radical (unpaired) electrons. The minimum atomic E-state index is -0.292. The van der Waals surface area contributed by atoms with Crippen molar-refractivity contribution in [1.29, 1.82) is 0 Å². The maximum absolute atomic E-state index is 13.0. The van der Waals surface area contributed by atoms with Gasteiger partial charge in [-0.15, -0.1) is 11.3 Å². The zero-order chi connectivity index (χ0) is 17.1. The van der Waals surface area contributed by atoms with E-state index in [1.165, 1.54) is 23.5 Å². The van der Waals surface area contributed by atoms with E-state index < -0.39 is 0 Å². The minimum absolute atomic E-state index is 0.239. The number of benzene rings is 2. The summed E-state index contributed by atoms with van der Waals surface area (Å²) in [5.74, 6) is 0.159. The topological polar surface area (TPSA) is 51.2 Å². The second kappa shape index (κ2) is 6.80. The summed E-state index contributed by atoms with van der Waals surface area (Å²) >= 11 is 1.38. The van der Waals surface area contributed by atoms with Crippen molar-refractivity contribution in [2.24, 2.45) is 0 Å². The molecule has 1 N–H and O–H groups in total. The first-order valence-corrected chi connectivity index (χ1v) is 8.07. The molecule has 0 aliphatic rings. The Bertz CT molecular complexity index is 858. The van der Waals surface area contributed by atoms with E-state index in [-0.39, 0.29) is 11.7 Å². The zero-order valence-corrected chi connectivity index (χ0v) is 14.0. The van der Waals surface area contributed by atoms with Gasteiger partial charge in [0.25, 0.3) is 5.91 Å². The van der Waals surface area contributed by atoms with Crippen molar-refractivity contribution >= 4 is 22.4 Å². The predicted octanol–water partition coefficient (Wildman–Crippen LogP) is 4.52. The van der Waals surface area contributed by atoms with Crippen LogP contribution < -0.4 is 10.1 Å². The lowest BCUT2D eigenvalue weighted by Gasteiger charge is -2.03. The number of ether oxygens (including phenoxy) is 1. The summed E-state index contributed by atoms with van der Waals surface area (Å²) in [6.07, 6.45) is 0. The standard InChI is InChI=1S/C18H15FN2O2S/c1-11-16(12-3-7-14(19)8-4-12)20-18(24-11)21-17(22)13-5-9-15(23-2)10-6-13/h3-10H,1-2H3,(H,20,21,22). The Kier molecular flexibility index (Phi) is 4.57. The number of carbonyl (C=O) groups is 1. The fraction of sp³-hybridized carbons (Fsp3) is 0.111. The largest absolute Gasteiger partial charge is 0.497 e. The fourth-order valence-corrected chi connectivity index (χ4v) is 3.07. The second-order valence-corrected chi connectivity index (χ2v) is 6.32. The van der Waals surface area contributed by atoms with E-state index >= 15 is 0 Å². The van der Waals surface area contributed by atoms with E-state index in [0.29, 0.717) is 16.4 Å². The van der Waals surface area contributed by atoms with Gasteiger partial charge in [-0.05, 0) is 55.5 Å². The molecule has 0 aliphatic carbocycles. The van der Waals surface area contributed by atoms with Gasteiger partial charge in [-0.25, -0.2) is 9.37 Å². The number of anilines is 1. The number of carbonyl (C=O) groups excluding carboxylic acids is 1. The number of hydrogen-bond acceptors (Lipinski definition) is 4. The molecule has 0 bridgehead atoms. The Morgan fingerprint density at radius 1 is 1.12 bits per heavy atom. The zero-order valence-electron chi connectivity index (χ0n) is 13.2. The SMILES string of the molecule is COc1ccc(C(=O)Nc2nc(-c3ccc(F)cc3)c(C)s2)cc1. The summed E-state index contributed by atoms with van der Waals surface area (Å²) in [5.41, 5.74) is 2.08. The third-order valence-electron chi connectivity index (χ3n) is 3.49. The van der Waals surface area contributed by atoms with Crippen LogP contribution in [0.1, 0.15) is 15.2 Å². The van der Waals surface area contributed by atoms with Gasteiger partial charge in [-0.3, -0.25) is 10.1 Å². The molecule has 24 heavy (non-hydrogen) atoms. The van der Waals surface area contributed by atoms with Gasteiger partial charge in [-0.2, -0.15) is 0 Å². The third kappa shape index (κ3) is 3.44. The Hall–Kier alpha value is -2.73. The van der Waals surface area contributed by atoms with Crippen LogP contribution in [0, 0.1) is 12.7 Å². The van der Waals surface area contributed by atoms with Crippen LogP contribution in [0.4, 0.5) is 9.52 Å². The minimum Gasteiger partial charge on any atom is -0.497 e. The van der Waals surface area contributed by atoms with Crippen molar-refractivity contribution in [3.8, 4) is 17.0 Å². The van der Waals surface area contributed by atoms with E-state index in [0.717, 1.165) is 16.1 Å². The first-order chi connectivity index (χ1) is 11.6. The summed E-state index contributed by atoms with van der Waals surface area (Å²) < 4.78 is 18.1. The van der Waals surface area contributed by atoms with Crippen LogP contribution >= 0.6 is 11.3 Å². The molecule has 2 aromatic carbocycles. The molecule has 1 heterocycles. The van der Waals surface area contributed by atoms with Crippen molar-refractivity contribution in [2.45, 2.75) is 6.92 Å². The molecule has 0 spiro atoms. The monoisotopic (exact) mass is 342 g/mol. The molecule has 6 heteroatoms.